The molecule has 0 radical (unpaired) electrons. The smallest absolute Gasteiger partial charge is 0.0124 e. The molecule has 6 unspecified atom stereocenters. The molecule has 4 aromatic rings. The number of thioether (sulfide) groups is 4. The highest BCUT2D eigenvalue weighted by Gasteiger charge is 2.48. The van der Waals surface area contributed by atoms with Crippen LogP contribution >= 0.6 is 47.0 Å². The van der Waals surface area contributed by atoms with Crippen molar-refractivity contribution < 1.29 is 0 Å². The second kappa shape index (κ2) is 55.5. The molecule has 0 heterocycles. The lowest BCUT2D eigenvalue weighted by Crippen LogP contribution is -2.43. The van der Waals surface area contributed by atoms with Crippen LogP contribution in [-0.4, -0.2) is 44.5 Å². The molecule has 0 fully saturated rings. The summed E-state index contributed by atoms with van der Waals surface area (Å²) >= 11 is 8.97. The molecule has 0 amide bonds. The van der Waals surface area contributed by atoms with Gasteiger partial charge in [-0.1, -0.05) is 531 Å². The molecule has 4 rings (SSSR count). The van der Waals surface area contributed by atoms with Crippen LogP contribution in [0.25, 0.3) is 0 Å². The summed E-state index contributed by atoms with van der Waals surface area (Å²) in [7, 11) is 0. The summed E-state index contributed by atoms with van der Waals surface area (Å²) in [5.41, 5.74) is 23.9. The Balaban J connectivity index is 0.00000100. The van der Waals surface area contributed by atoms with Gasteiger partial charge < -0.3 is 0 Å². The third kappa shape index (κ3) is 57.2. The first-order valence-electron chi connectivity index (χ1n) is 61.1. The van der Waals surface area contributed by atoms with Gasteiger partial charge in [0.1, 0.15) is 0 Å². The number of aryl methyl sites for hydroxylation is 4. The van der Waals surface area contributed by atoms with Gasteiger partial charge in [-0.25, -0.2) is 0 Å². The van der Waals surface area contributed by atoms with Crippen molar-refractivity contribution in [1.82, 2.24) is 0 Å². The maximum atomic E-state index is 2.58. The van der Waals surface area contributed by atoms with Gasteiger partial charge in [-0.2, -0.15) is 47.0 Å². The first-order chi connectivity index (χ1) is 66.2. The van der Waals surface area contributed by atoms with Crippen molar-refractivity contribution in [2.24, 2.45) is 117 Å². The van der Waals surface area contributed by atoms with E-state index in [0.717, 1.165) is 17.8 Å². The first-order valence-corrected chi connectivity index (χ1v) is 65.4. The van der Waals surface area contributed by atoms with Gasteiger partial charge in [0.05, 0.1) is 0 Å². The zero-order chi connectivity index (χ0) is 118. The Morgan fingerprint density at radius 2 is 0.393 bits per heavy atom. The maximum absolute atomic E-state index is 2.58. The second-order valence-corrected chi connectivity index (χ2v) is 76.9. The Morgan fingerprint density at radius 3 is 0.633 bits per heavy atom. The lowest BCUT2D eigenvalue weighted by atomic mass is 9.64. The minimum atomic E-state index is 0.118. The minimum Gasteiger partial charge on any atom is -0.162 e. The normalized spacial score (nSPS) is 15.6. The molecular weight excluding hydrogens is 1880 g/mol. The Morgan fingerprint density at radius 1 is 0.200 bits per heavy atom. The van der Waals surface area contributed by atoms with Gasteiger partial charge in [0.2, 0.25) is 0 Å². The van der Waals surface area contributed by atoms with Gasteiger partial charge in [0.15, 0.2) is 0 Å². The topological polar surface area (TPSA) is 0 Å². The molecule has 0 saturated carbocycles. The van der Waals surface area contributed by atoms with Crippen molar-refractivity contribution in [2.45, 2.75) is 639 Å². The summed E-state index contributed by atoms with van der Waals surface area (Å²) < 4.78 is 0. The standard InChI is InChI=1S/C42H78S.C38H70S.C34H62S.C32H58S/c1-29(2)34(41(18,19)27-38(12,13)25-36(6,7)8)43-35(30(3)4)42(20,21)28-39(14,15)26-40(16,17)33-23-31(5)22-32(24-33)37(9,10)11;1-27(2)32(39-23-29(4)22-35(11,12)24-33(5,6)7)38(17,18)26-36(13,14)25-37(15,16)31-20-28(3)19-30(21-31)34(8,9)10;1-25-16-28(31(7,8)9)18-29(17-25)34(14,15)24-33(12,13)20-27(3)22-35-21-26(2)19-32(10,11)23-30(4,5)6;1-25-20-26(29(5,6)7)22-27(21-25)32(12,13)24-31(10,11)17-15-19-33-18-14-16-30(8,9)23-28(2,3)4/h22-24,29-30,34-35H,25-28H2,1-21H3;19-21,27,29,32H,22-26H2,1-18H3;16-18,26-27H,19-24H2,1-15H3;20-22H,14-19,23-24H2,1-13H3. The zero-order valence-corrected chi connectivity index (χ0v) is 118. The lowest BCUT2D eigenvalue weighted by molar-refractivity contribution is 0.120. The van der Waals surface area contributed by atoms with Crippen molar-refractivity contribution in [2.75, 3.05) is 28.8 Å². The van der Waals surface area contributed by atoms with Crippen molar-refractivity contribution >= 4 is 47.0 Å². The molecule has 150 heavy (non-hydrogen) atoms. The number of hydrogen-bond acceptors (Lipinski definition) is 4. The van der Waals surface area contributed by atoms with E-state index in [9.17, 15) is 0 Å². The maximum Gasteiger partial charge on any atom is 0.0124 e. The van der Waals surface area contributed by atoms with Crippen molar-refractivity contribution in [3.8, 4) is 0 Å². The van der Waals surface area contributed by atoms with Crippen LogP contribution in [0.15, 0.2) is 72.8 Å². The highest BCUT2D eigenvalue weighted by Crippen LogP contribution is 2.58. The molecule has 0 N–H and O–H groups in total. The molecule has 4 aromatic carbocycles. The molecule has 0 nitrogen and oxygen atoms in total. The van der Waals surface area contributed by atoms with E-state index in [1.165, 1.54) is 211 Å². The molecule has 0 aliphatic heterocycles. The van der Waals surface area contributed by atoms with Gasteiger partial charge in [-0.3, -0.25) is 0 Å². The summed E-state index contributed by atoms with van der Waals surface area (Å²) in [5.74, 6) is 10.7. The molecule has 4 heteroatoms. The molecule has 876 valence electrons. The number of rotatable bonds is 51. The average Bonchev–Trinajstić information content (AvgIpc) is 0.791. The fourth-order valence-corrected chi connectivity index (χ4v) is 36.6. The lowest BCUT2D eigenvalue weighted by Gasteiger charge is -2.49. The molecule has 0 bridgehead atoms. The van der Waals surface area contributed by atoms with Crippen molar-refractivity contribution in [1.29, 1.82) is 0 Å². The van der Waals surface area contributed by atoms with E-state index < -0.39 is 0 Å². The van der Waals surface area contributed by atoms with Crippen LogP contribution in [0.1, 0.15) is 619 Å². The van der Waals surface area contributed by atoms with Crippen LogP contribution in [-0.2, 0) is 43.3 Å². The molecule has 0 aromatic heterocycles. The quantitative estimate of drug-likeness (QED) is 0.0404. The predicted octanol–water partition coefficient (Wildman–Crippen LogP) is 48.7. The second-order valence-electron chi connectivity index (χ2n) is 72.1. The summed E-state index contributed by atoms with van der Waals surface area (Å²) in [5, 5.41) is 1.90. The molecule has 0 saturated heterocycles. The van der Waals surface area contributed by atoms with Crippen LogP contribution in [0.4, 0.5) is 0 Å². The van der Waals surface area contributed by atoms with E-state index in [1.807, 2.05) is 0 Å². The van der Waals surface area contributed by atoms with E-state index in [0.29, 0.717) is 87.7 Å². The third-order valence-electron chi connectivity index (χ3n) is 32.2. The average molecular weight is 2150 g/mol. The Hall–Kier alpha value is -1.72. The Bertz CT molecular complexity index is 4580. The molecule has 0 spiro atoms. The molecule has 0 aliphatic carbocycles. The Kier molecular flexibility index (Phi) is 54.1. The summed E-state index contributed by atoms with van der Waals surface area (Å²) in [6.07, 6.45) is 23.1. The van der Waals surface area contributed by atoms with Crippen LogP contribution in [0.3, 0.4) is 0 Å². The van der Waals surface area contributed by atoms with Crippen molar-refractivity contribution in [3.63, 3.8) is 0 Å². The van der Waals surface area contributed by atoms with E-state index in [2.05, 4.69) is 584 Å². The van der Waals surface area contributed by atoms with Crippen LogP contribution in [0.2, 0.25) is 0 Å². The highest BCUT2D eigenvalue weighted by atomic mass is 32.2. The molecular formula is C146H268S4. The van der Waals surface area contributed by atoms with Gasteiger partial charge in [0.25, 0.3) is 0 Å². The van der Waals surface area contributed by atoms with Crippen LogP contribution in [0, 0.1) is 144 Å². The number of hydrogen-bond donors (Lipinski definition) is 0. The van der Waals surface area contributed by atoms with Gasteiger partial charge in [-0.05, 0) is 377 Å². The zero-order valence-electron chi connectivity index (χ0n) is 115. The minimum absolute atomic E-state index is 0.118. The summed E-state index contributed by atoms with van der Waals surface area (Å²) in [4.78, 5) is 0. The molecule has 0 aliphatic rings. The third-order valence-corrected chi connectivity index (χ3v) is 40.2. The fraction of sp³-hybridized carbons (Fsp3) is 0.836. The molecule has 6 atom stereocenters. The van der Waals surface area contributed by atoms with Crippen molar-refractivity contribution in [3.05, 3.63) is 140 Å². The monoisotopic (exact) mass is 2150 g/mol. The van der Waals surface area contributed by atoms with Gasteiger partial charge >= 0.3 is 0 Å². The van der Waals surface area contributed by atoms with E-state index in [4.69, 9.17) is 0 Å². The van der Waals surface area contributed by atoms with Crippen LogP contribution < -0.4 is 0 Å². The highest BCUT2D eigenvalue weighted by molar-refractivity contribution is 8.00. The van der Waals surface area contributed by atoms with E-state index in [1.54, 1.807) is 0 Å². The first kappa shape index (κ1) is 146. The van der Waals surface area contributed by atoms with E-state index >= 15 is 0 Å². The largest absolute Gasteiger partial charge is 0.162 e. The predicted molar refractivity (Wildman–Crippen MR) is 702 cm³/mol. The summed E-state index contributed by atoms with van der Waals surface area (Å²) in [6, 6.07) is 29.2. The Labute approximate surface area is 963 Å². The van der Waals surface area contributed by atoms with Gasteiger partial charge in [-0.15, -0.1) is 0 Å². The van der Waals surface area contributed by atoms with E-state index in [-0.39, 0.29) is 70.4 Å². The SMILES string of the molecule is Cc1cc(C(C)(C)C)cc(C(C)(C)CC(C)(C)CC(C)(C)C(SC(C(C)C)C(C)(C)CC(C)(C)CC(C)(C)C)C(C)C)c1.Cc1cc(C(C)(C)C)cc(C(C)(C)CC(C)(C)CC(C)(C)C(SCC(C)CC(C)(C)CC(C)(C)C)C(C)C)c1.Cc1cc(C(C)(C)C)cc(C(C)(C)CC(C)(C)CC(C)CSCC(C)CC(C)(C)CC(C)(C)C)c1.Cc1cc(C(C)(C)C)cc(C(C)(C)CC(C)(C)CCCSCCCC(C)(C)CC(C)(C)C)c1. The number of benzene rings is 4. The summed E-state index contributed by atoms with van der Waals surface area (Å²) in [6.45, 7) is 163. The van der Waals surface area contributed by atoms with Gasteiger partial charge in [0, 0.05) is 15.7 Å². The fourth-order valence-electron chi connectivity index (χ4n) is 31.1. The van der Waals surface area contributed by atoms with Crippen LogP contribution in [0.5, 0.6) is 0 Å².